The molecule has 196 valence electrons. The predicted octanol–water partition coefficient (Wildman–Crippen LogP) is 2.89. The van der Waals surface area contributed by atoms with Gasteiger partial charge < -0.3 is 5.32 Å². The average molecular weight is 544 g/mol. The van der Waals surface area contributed by atoms with Gasteiger partial charge >= 0.3 is 0 Å². The minimum absolute atomic E-state index is 0.0108. The van der Waals surface area contributed by atoms with Crippen molar-refractivity contribution in [2.75, 3.05) is 28.9 Å². The Bertz CT molecular complexity index is 1400. The van der Waals surface area contributed by atoms with Gasteiger partial charge in [-0.1, -0.05) is 30.3 Å². The SMILES string of the molecule is O=C(Nc1ccc(S(=O)(=O)Nc2ncccn2)cc1)[C@H]1CCCN(S(=O)(=O)CCCc2ccccc2)C1. The van der Waals surface area contributed by atoms with Gasteiger partial charge in [-0.05, 0) is 61.6 Å². The summed E-state index contributed by atoms with van der Waals surface area (Å²) < 4.78 is 54.5. The number of nitrogens with zero attached hydrogens (tertiary/aromatic N) is 3. The number of piperidine rings is 1. The Hall–Kier alpha value is -3.35. The maximum Gasteiger partial charge on any atom is 0.264 e. The highest BCUT2D eigenvalue weighted by molar-refractivity contribution is 7.92. The van der Waals surface area contributed by atoms with Crippen molar-refractivity contribution >= 4 is 37.6 Å². The molecule has 10 nitrogen and oxygen atoms in total. The molecule has 1 saturated heterocycles. The summed E-state index contributed by atoms with van der Waals surface area (Å²) in [6.07, 6.45) is 5.21. The van der Waals surface area contributed by atoms with Crippen LogP contribution in [0.4, 0.5) is 11.6 Å². The third kappa shape index (κ3) is 7.34. The van der Waals surface area contributed by atoms with Gasteiger partial charge in [0.1, 0.15) is 0 Å². The van der Waals surface area contributed by atoms with E-state index in [1.807, 2.05) is 30.3 Å². The molecule has 0 bridgehead atoms. The molecule has 3 aromatic rings. The van der Waals surface area contributed by atoms with Gasteiger partial charge in [-0.15, -0.1) is 0 Å². The summed E-state index contributed by atoms with van der Waals surface area (Å²) in [5.41, 5.74) is 1.51. The lowest BCUT2D eigenvalue weighted by Crippen LogP contribution is -2.44. The number of hydrogen-bond donors (Lipinski definition) is 2. The van der Waals surface area contributed by atoms with Gasteiger partial charge in [0, 0.05) is 31.2 Å². The largest absolute Gasteiger partial charge is 0.326 e. The van der Waals surface area contributed by atoms with Crippen LogP contribution in [0.5, 0.6) is 0 Å². The second-order valence-electron chi connectivity index (χ2n) is 8.79. The van der Waals surface area contributed by atoms with Gasteiger partial charge in [-0.25, -0.2) is 35.8 Å². The smallest absolute Gasteiger partial charge is 0.264 e. The zero-order valence-electron chi connectivity index (χ0n) is 20.2. The molecule has 0 spiro atoms. The lowest BCUT2D eigenvalue weighted by atomic mass is 9.99. The number of anilines is 2. The number of nitrogens with one attached hydrogen (secondary N) is 2. The monoisotopic (exact) mass is 543 g/mol. The summed E-state index contributed by atoms with van der Waals surface area (Å²) in [5.74, 6) is -0.792. The Kier molecular flexibility index (Phi) is 8.52. The highest BCUT2D eigenvalue weighted by Crippen LogP contribution is 2.23. The first kappa shape index (κ1) is 26.7. The fourth-order valence-corrected chi connectivity index (χ4v) is 6.67. The molecular formula is C25H29N5O5S2. The van der Waals surface area contributed by atoms with E-state index in [1.54, 1.807) is 6.07 Å². The second kappa shape index (κ2) is 11.8. The van der Waals surface area contributed by atoms with E-state index in [4.69, 9.17) is 0 Å². The molecule has 1 amide bonds. The van der Waals surface area contributed by atoms with Crippen LogP contribution in [0.25, 0.3) is 0 Å². The Labute approximate surface area is 217 Å². The number of carbonyl (C=O) groups excluding carboxylic acids is 1. The quantitative estimate of drug-likeness (QED) is 0.401. The fourth-order valence-electron chi connectivity index (χ4n) is 4.13. The van der Waals surface area contributed by atoms with Crippen LogP contribution in [0.2, 0.25) is 0 Å². The number of benzene rings is 2. The summed E-state index contributed by atoms with van der Waals surface area (Å²) in [4.78, 5) is 20.6. The maximum atomic E-state index is 12.9. The summed E-state index contributed by atoms with van der Waals surface area (Å²) in [5, 5.41) is 2.78. The lowest BCUT2D eigenvalue weighted by molar-refractivity contribution is -0.120. The molecule has 1 aliphatic heterocycles. The number of aromatic nitrogens is 2. The zero-order valence-corrected chi connectivity index (χ0v) is 21.8. The first-order valence-corrected chi connectivity index (χ1v) is 15.0. The lowest BCUT2D eigenvalue weighted by Gasteiger charge is -2.31. The van der Waals surface area contributed by atoms with Crippen molar-refractivity contribution in [3.05, 3.63) is 78.6 Å². The number of rotatable bonds is 10. The van der Waals surface area contributed by atoms with Gasteiger partial charge in [-0.2, -0.15) is 0 Å². The van der Waals surface area contributed by atoms with Crippen molar-refractivity contribution in [3.8, 4) is 0 Å². The highest BCUT2D eigenvalue weighted by Gasteiger charge is 2.32. The molecule has 1 fully saturated rings. The molecule has 37 heavy (non-hydrogen) atoms. The molecule has 4 rings (SSSR count). The topological polar surface area (TPSA) is 138 Å². The molecule has 2 aromatic carbocycles. The molecule has 2 N–H and O–H groups in total. The van der Waals surface area contributed by atoms with Gasteiger partial charge in [0.15, 0.2) is 0 Å². The average Bonchev–Trinajstić information content (AvgIpc) is 2.90. The maximum absolute atomic E-state index is 12.9. The van der Waals surface area contributed by atoms with Crippen LogP contribution in [-0.2, 0) is 31.3 Å². The molecule has 1 aliphatic rings. The van der Waals surface area contributed by atoms with Crippen molar-refractivity contribution in [2.45, 2.75) is 30.6 Å². The number of amides is 1. The van der Waals surface area contributed by atoms with Crippen molar-refractivity contribution in [3.63, 3.8) is 0 Å². The van der Waals surface area contributed by atoms with Gasteiger partial charge in [0.05, 0.1) is 16.6 Å². The van der Waals surface area contributed by atoms with E-state index in [0.717, 1.165) is 5.56 Å². The minimum Gasteiger partial charge on any atom is -0.326 e. The van der Waals surface area contributed by atoms with Crippen LogP contribution in [0.15, 0.2) is 78.0 Å². The van der Waals surface area contributed by atoms with Gasteiger partial charge in [0.2, 0.25) is 21.9 Å². The van der Waals surface area contributed by atoms with E-state index < -0.39 is 26.0 Å². The summed E-state index contributed by atoms with van der Waals surface area (Å²) in [6, 6.07) is 17.0. The molecule has 0 saturated carbocycles. The van der Waals surface area contributed by atoms with Crippen molar-refractivity contribution in [1.82, 2.24) is 14.3 Å². The standard InChI is InChI=1S/C25H29N5O5S2/c31-24(28-22-11-13-23(14-12-22)37(34,35)29-25-26-15-6-16-27-25)21-10-4-17-30(19-21)36(32,33)18-5-9-20-7-2-1-3-8-20/h1-3,6-8,11-16,21H,4-5,9-10,17-19H2,(H,28,31)(H,26,27,29)/t21-/m0/s1. The number of aryl methyl sites for hydroxylation is 1. The zero-order chi connectivity index (χ0) is 26.3. The van der Waals surface area contributed by atoms with Crippen molar-refractivity contribution < 1.29 is 21.6 Å². The van der Waals surface area contributed by atoms with Crippen LogP contribution < -0.4 is 10.0 Å². The molecule has 1 aromatic heterocycles. The van der Waals surface area contributed by atoms with E-state index in [-0.39, 0.29) is 29.0 Å². The van der Waals surface area contributed by atoms with Crippen molar-refractivity contribution in [1.29, 1.82) is 0 Å². The van der Waals surface area contributed by atoms with Crippen LogP contribution in [0.1, 0.15) is 24.8 Å². The van der Waals surface area contributed by atoms with Crippen molar-refractivity contribution in [2.24, 2.45) is 5.92 Å². The predicted molar refractivity (Wildman–Crippen MR) is 141 cm³/mol. The second-order valence-corrected chi connectivity index (χ2v) is 12.6. The minimum atomic E-state index is -3.89. The molecule has 12 heteroatoms. The molecular weight excluding hydrogens is 514 g/mol. The summed E-state index contributed by atoms with van der Waals surface area (Å²) in [7, 11) is -7.36. The highest BCUT2D eigenvalue weighted by atomic mass is 32.2. The Morgan fingerprint density at radius 1 is 0.946 bits per heavy atom. The van der Waals surface area contributed by atoms with Gasteiger partial charge in [-0.3, -0.25) is 4.79 Å². The van der Waals surface area contributed by atoms with Crippen LogP contribution in [0, 0.1) is 5.92 Å². The van der Waals surface area contributed by atoms with E-state index in [2.05, 4.69) is 20.0 Å². The first-order chi connectivity index (χ1) is 17.7. The van der Waals surface area contributed by atoms with Crippen LogP contribution in [0.3, 0.4) is 0 Å². The number of sulfonamides is 2. The van der Waals surface area contributed by atoms with Crippen LogP contribution in [-0.4, -0.2) is 55.9 Å². The number of hydrogen-bond acceptors (Lipinski definition) is 7. The fraction of sp³-hybridized carbons (Fsp3) is 0.320. The van der Waals surface area contributed by atoms with E-state index in [0.29, 0.717) is 37.9 Å². The molecule has 2 heterocycles. The van der Waals surface area contributed by atoms with Gasteiger partial charge in [0.25, 0.3) is 10.0 Å². The normalized spacial score (nSPS) is 16.7. The molecule has 0 radical (unpaired) electrons. The summed E-state index contributed by atoms with van der Waals surface area (Å²) >= 11 is 0. The Morgan fingerprint density at radius 2 is 1.65 bits per heavy atom. The van der Waals surface area contributed by atoms with E-state index >= 15 is 0 Å². The molecule has 0 unspecified atom stereocenters. The third-order valence-electron chi connectivity index (χ3n) is 6.08. The van der Waals surface area contributed by atoms with Crippen LogP contribution >= 0.6 is 0 Å². The number of carbonyl (C=O) groups is 1. The third-order valence-corrected chi connectivity index (χ3v) is 9.35. The Morgan fingerprint density at radius 3 is 2.35 bits per heavy atom. The summed E-state index contributed by atoms with van der Waals surface area (Å²) in [6.45, 7) is 0.537. The van der Waals surface area contributed by atoms with E-state index in [1.165, 1.54) is 41.0 Å². The molecule has 0 aliphatic carbocycles. The van der Waals surface area contributed by atoms with E-state index in [9.17, 15) is 21.6 Å². The first-order valence-electron chi connectivity index (χ1n) is 12.0. The molecule has 1 atom stereocenters. The Balaban J connectivity index is 1.31.